The van der Waals surface area contributed by atoms with Crippen LogP contribution in [0.1, 0.15) is 11.1 Å². The Morgan fingerprint density at radius 3 is 2.55 bits per heavy atom. The van der Waals surface area contributed by atoms with E-state index in [1.165, 1.54) is 5.56 Å². The van der Waals surface area contributed by atoms with Crippen LogP contribution in [0.4, 0.5) is 0 Å². The summed E-state index contributed by atoms with van der Waals surface area (Å²) in [4.78, 5) is 0. The lowest BCUT2D eigenvalue weighted by atomic mass is 10.1. The second kappa shape index (κ2) is 5.73. The molecule has 5 heteroatoms. The molecular formula is C15H14BrNO3. The van der Waals surface area contributed by atoms with Gasteiger partial charge in [-0.3, -0.25) is 0 Å². The molecule has 2 aromatic carbocycles. The molecule has 2 aromatic rings. The minimum absolute atomic E-state index is 0.211. The predicted octanol–water partition coefficient (Wildman–Crippen LogP) is 3.17. The number of phenols is 1. The highest BCUT2D eigenvalue weighted by Gasteiger charge is 2.16. The zero-order valence-electron chi connectivity index (χ0n) is 10.7. The van der Waals surface area contributed by atoms with Gasteiger partial charge in [-0.15, -0.1) is 0 Å². The number of nitrogens with one attached hydrogen (secondary N) is 1. The van der Waals surface area contributed by atoms with Gasteiger partial charge in [-0.1, -0.05) is 34.1 Å². The van der Waals surface area contributed by atoms with Gasteiger partial charge in [-0.2, -0.15) is 0 Å². The Morgan fingerprint density at radius 2 is 1.75 bits per heavy atom. The van der Waals surface area contributed by atoms with Crippen LogP contribution in [0, 0.1) is 0 Å². The summed E-state index contributed by atoms with van der Waals surface area (Å²) in [6.07, 6.45) is 0. The predicted molar refractivity (Wildman–Crippen MR) is 78.9 cm³/mol. The third kappa shape index (κ3) is 2.73. The van der Waals surface area contributed by atoms with E-state index >= 15 is 0 Å². The minimum Gasteiger partial charge on any atom is -0.507 e. The van der Waals surface area contributed by atoms with E-state index in [0.29, 0.717) is 18.0 Å². The van der Waals surface area contributed by atoms with Crippen LogP contribution in [0.2, 0.25) is 0 Å². The number of ether oxygens (including phenoxy) is 2. The van der Waals surface area contributed by atoms with Crippen molar-refractivity contribution in [1.29, 1.82) is 0 Å². The topological polar surface area (TPSA) is 50.7 Å². The molecule has 1 heterocycles. The molecule has 0 atom stereocenters. The number of hydrogen-bond acceptors (Lipinski definition) is 4. The Labute approximate surface area is 125 Å². The summed E-state index contributed by atoms with van der Waals surface area (Å²) in [5.74, 6) is 1.49. The minimum atomic E-state index is 0.211. The van der Waals surface area contributed by atoms with Crippen LogP contribution >= 0.6 is 15.9 Å². The standard InChI is InChI=1S/C15H14BrNO3/c16-12-4-2-1-3-10(12)7-17-8-11-5-14-15(6-13(11)18)20-9-19-14/h1-6,17-18H,7-9H2. The van der Waals surface area contributed by atoms with Crippen LogP contribution in [0.5, 0.6) is 17.2 Å². The lowest BCUT2D eigenvalue weighted by Gasteiger charge is -2.09. The summed E-state index contributed by atoms with van der Waals surface area (Å²) in [7, 11) is 0. The summed E-state index contributed by atoms with van der Waals surface area (Å²) in [5, 5.41) is 13.2. The van der Waals surface area contributed by atoms with Gasteiger partial charge in [-0.25, -0.2) is 0 Å². The summed E-state index contributed by atoms with van der Waals surface area (Å²) < 4.78 is 11.6. The summed E-state index contributed by atoms with van der Waals surface area (Å²) in [5.41, 5.74) is 1.97. The molecule has 0 saturated carbocycles. The van der Waals surface area contributed by atoms with E-state index in [4.69, 9.17) is 9.47 Å². The van der Waals surface area contributed by atoms with Crippen molar-refractivity contribution in [3.63, 3.8) is 0 Å². The number of hydrogen-bond donors (Lipinski definition) is 2. The van der Waals surface area contributed by atoms with Crippen molar-refractivity contribution in [3.8, 4) is 17.2 Å². The largest absolute Gasteiger partial charge is 0.507 e. The van der Waals surface area contributed by atoms with Crippen LogP contribution in [0.25, 0.3) is 0 Å². The van der Waals surface area contributed by atoms with Crippen molar-refractivity contribution in [3.05, 3.63) is 52.0 Å². The van der Waals surface area contributed by atoms with E-state index in [-0.39, 0.29) is 12.5 Å². The van der Waals surface area contributed by atoms with Gasteiger partial charge in [-0.05, 0) is 17.7 Å². The van der Waals surface area contributed by atoms with E-state index in [2.05, 4.69) is 27.3 Å². The van der Waals surface area contributed by atoms with Gasteiger partial charge in [0.25, 0.3) is 0 Å². The fourth-order valence-electron chi connectivity index (χ4n) is 2.09. The molecule has 2 N–H and O–H groups in total. The molecular weight excluding hydrogens is 322 g/mol. The number of aromatic hydroxyl groups is 1. The zero-order valence-corrected chi connectivity index (χ0v) is 12.3. The Balaban J connectivity index is 1.66. The lowest BCUT2D eigenvalue weighted by molar-refractivity contribution is 0.174. The van der Waals surface area contributed by atoms with E-state index in [9.17, 15) is 5.11 Å². The van der Waals surface area contributed by atoms with Gasteiger partial charge < -0.3 is 19.9 Å². The average Bonchev–Trinajstić information content (AvgIpc) is 2.88. The maximum atomic E-state index is 9.94. The molecule has 104 valence electrons. The molecule has 0 saturated heterocycles. The fraction of sp³-hybridized carbons (Fsp3) is 0.200. The highest BCUT2D eigenvalue weighted by atomic mass is 79.9. The highest BCUT2D eigenvalue weighted by molar-refractivity contribution is 9.10. The number of halogens is 1. The van der Waals surface area contributed by atoms with Crippen LogP contribution in [0.15, 0.2) is 40.9 Å². The van der Waals surface area contributed by atoms with E-state index < -0.39 is 0 Å². The molecule has 3 rings (SSSR count). The number of phenolic OH excluding ortho intramolecular Hbond substituents is 1. The molecule has 0 unspecified atom stereocenters. The maximum Gasteiger partial charge on any atom is 0.231 e. The first kappa shape index (κ1) is 13.3. The van der Waals surface area contributed by atoms with Crippen molar-refractivity contribution in [2.24, 2.45) is 0 Å². The number of benzene rings is 2. The zero-order chi connectivity index (χ0) is 13.9. The molecule has 4 nitrogen and oxygen atoms in total. The molecule has 0 aliphatic carbocycles. The molecule has 0 spiro atoms. The van der Waals surface area contributed by atoms with Crippen molar-refractivity contribution >= 4 is 15.9 Å². The molecule has 0 bridgehead atoms. The molecule has 1 aliphatic rings. The Bertz CT molecular complexity index is 631. The SMILES string of the molecule is Oc1cc2c(cc1CNCc1ccccc1Br)OCO2. The Morgan fingerprint density at radius 1 is 1.05 bits per heavy atom. The monoisotopic (exact) mass is 335 g/mol. The van der Waals surface area contributed by atoms with Crippen molar-refractivity contribution in [2.45, 2.75) is 13.1 Å². The Hall–Kier alpha value is -1.72. The van der Waals surface area contributed by atoms with Crippen LogP contribution < -0.4 is 14.8 Å². The number of rotatable bonds is 4. The van der Waals surface area contributed by atoms with E-state index in [1.807, 2.05) is 24.3 Å². The highest BCUT2D eigenvalue weighted by Crippen LogP contribution is 2.37. The van der Waals surface area contributed by atoms with Crippen molar-refractivity contribution in [2.75, 3.05) is 6.79 Å². The van der Waals surface area contributed by atoms with Gasteiger partial charge in [0.1, 0.15) is 5.75 Å². The maximum absolute atomic E-state index is 9.94. The molecule has 1 aliphatic heterocycles. The van der Waals surface area contributed by atoms with Crippen molar-refractivity contribution in [1.82, 2.24) is 5.32 Å². The summed E-state index contributed by atoms with van der Waals surface area (Å²) in [6.45, 7) is 1.49. The van der Waals surface area contributed by atoms with Gasteiger partial charge in [0.15, 0.2) is 11.5 Å². The van der Waals surface area contributed by atoms with Gasteiger partial charge in [0, 0.05) is 29.2 Å². The van der Waals surface area contributed by atoms with E-state index in [0.717, 1.165) is 16.6 Å². The number of fused-ring (bicyclic) bond motifs is 1. The lowest BCUT2D eigenvalue weighted by Crippen LogP contribution is -2.13. The van der Waals surface area contributed by atoms with Crippen molar-refractivity contribution < 1.29 is 14.6 Å². The van der Waals surface area contributed by atoms with Gasteiger partial charge in [0.2, 0.25) is 6.79 Å². The molecule has 0 aromatic heterocycles. The van der Waals surface area contributed by atoms with Gasteiger partial charge >= 0.3 is 0 Å². The quantitative estimate of drug-likeness (QED) is 0.901. The normalized spacial score (nSPS) is 12.7. The third-order valence-electron chi connectivity index (χ3n) is 3.16. The first-order chi connectivity index (χ1) is 9.74. The third-order valence-corrected chi connectivity index (χ3v) is 3.94. The van der Waals surface area contributed by atoms with Crippen LogP contribution in [0.3, 0.4) is 0 Å². The summed E-state index contributed by atoms with van der Waals surface area (Å²) >= 11 is 3.51. The molecule has 20 heavy (non-hydrogen) atoms. The van der Waals surface area contributed by atoms with Crippen LogP contribution in [-0.2, 0) is 13.1 Å². The molecule has 0 fully saturated rings. The first-order valence-electron chi connectivity index (χ1n) is 6.29. The summed E-state index contributed by atoms with van der Waals surface area (Å²) in [6, 6.07) is 11.4. The fourth-order valence-corrected chi connectivity index (χ4v) is 2.51. The van der Waals surface area contributed by atoms with Crippen LogP contribution in [-0.4, -0.2) is 11.9 Å². The van der Waals surface area contributed by atoms with E-state index in [1.54, 1.807) is 6.07 Å². The Kier molecular flexibility index (Phi) is 3.80. The first-order valence-corrected chi connectivity index (χ1v) is 7.09. The molecule has 0 radical (unpaired) electrons. The average molecular weight is 336 g/mol. The smallest absolute Gasteiger partial charge is 0.231 e. The second-order valence-electron chi connectivity index (χ2n) is 4.53. The second-order valence-corrected chi connectivity index (χ2v) is 5.38. The van der Waals surface area contributed by atoms with Gasteiger partial charge in [0.05, 0.1) is 0 Å². The molecule has 0 amide bonds.